The molecule has 1 N–H and O–H groups in total. The van der Waals surface area contributed by atoms with Crippen molar-refractivity contribution in [2.45, 2.75) is 32.2 Å². The van der Waals surface area contributed by atoms with Crippen molar-refractivity contribution >= 4 is 34.8 Å². The summed E-state index contributed by atoms with van der Waals surface area (Å²) in [4.78, 5) is 38.6. The lowest BCUT2D eigenvalue weighted by atomic mass is 9.90. The molecule has 0 amide bonds. The maximum absolute atomic E-state index is 13.7. The molecule has 0 aliphatic heterocycles. The molecule has 1 fully saturated rings. The van der Waals surface area contributed by atoms with E-state index in [1.165, 1.54) is 0 Å². The van der Waals surface area contributed by atoms with E-state index in [4.69, 9.17) is 11.6 Å². The molecule has 1 aliphatic rings. The first-order valence-corrected chi connectivity index (χ1v) is 7.61. The number of hydrogen-bond donors (Lipinski definition) is 1. The second-order valence-corrected chi connectivity index (χ2v) is 5.79. The van der Waals surface area contributed by atoms with Gasteiger partial charge in [0.15, 0.2) is 11.7 Å². The van der Waals surface area contributed by atoms with Gasteiger partial charge in [0.25, 0.3) is 5.69 Å². The van der Waals surface area contributed by atoms with Gasteiger partial charge in [-0.2, -0.15) is 0 Å². The summed E-state index contributed by atoms with van der Waals surface area (Å²) in [6.45, 7) is 1.64. The van der Waals surface area contributed by atoms with Crippen molar-refractivity contribution in [2.75, 3.05) is 0 Å². The van der Waals surface area contributed by atoms with Crippen LogP contribution in [-0.2, 0) is 4.79 Å². The van der Waals surface area contributed by atoms with E-state index in [0.717, 1.165) is 12.8 Å². The molecule has 24 heavy (non-hydrogen) atoms. The van der Waals surface area contributed by atoms with E-state index in [0.29, 0.717) is 12.1 Å². The summed E-state index contributed by atoms with van der Waals surface area (Å²) in [5.41, 5.74) is -1.24. The fourth-order valence-corrected chi connectivity index (χ4v) is 2.41. The number of carboxylic acids is 1. The number of halogens is 2. The number of carbonyl (C=O) groups is 2. The first kappa shape index (κ1) is 18.0. The van der Waals surface area contributed by atoms with Crippen LogP contribution in [0.25, 0.3) is 0 Å². The number of hydrogen-bond acceptors (Lipinski definition) is 5. The second-order valence-electron chi connectivity index (χ2n) is 5.38. The Balaban J connectivity index is 2.52. The topological polar surface area (TPSA) is 110 Å². The molecular weight excluding hydrogens is 343 g/mol. The molecule has 0 bridgehead atoms. The first-order chi connectivity index (χ1) is 11.3. The third-order valence-electron chi connectivity index (χ3n) is 3.60. The number of aliphatic imine (C=N–C) groups is 1. The highest BCUT2D eigenvalue weighted by Crippen LogP contribution is 2.30. The standard InChI is InChI=1S/C15H14ClFN2O5/c1-2-11(18-7-3-4-7)13(15(21)22)14(20)8-5-10(17)9(16)6-12(8)19(23)24/h5-7,13H,2-4H2,1H3,(H,21,22). The molecule has 0 saturated heterocycles. The fraction of sp³-hybridized carbons (Fsp3) is 0.400. The van der Waals surface area contributed by atoms with Crippen LogP contribution in [0.4, 0.5) is 10.1 Å². The number of nitro benzene ring substituents is 1. The molecule has 7 nitrogen and oxygen atoms in total. The van der Waals surface area contributed by atoms with Crippen molar-refractivity contribution in [3.63, 3.8) is 0 Å². The minimum Gasteiger partial charge on any atom is -0.480 e. The predicted octanol–water partition coefficient (Wildman–Crippen LogP) is 3.28. The molecule has 0 radical (unpaired) electrons. The molecule has 9 heteroatoms. The van der Waals surface area contributed by atoms with Gasteiger partial charge in [0.05, 0.1) is 21.6 Å². The maximum atomic E-state index is 13.7. The van der Waals surface area contributed by atoms with Crippen LogP contribution in [0.2, 0.25) is 5.02 Å². The monoisotopic (exact) mass is 356 g/mol. The van der Waals surface area contributed by atoms with Gasteiger partial charge < -0.3 is 5.11 Å². The van der Waals surface area contributed by atoms with Gasteiger partial charge in [-0.05, 0) is 25.3 Å². The molecule has 1 saturated carbocycles. The third kappa shape index (κ3) is 3.76. The number of carboxylic acid groups (broad SMARTS) is 1. The van der Waals surface area contributed by atoms with E-state index >= 15 is 0 Å². The molecule has 0 spiro atoms. The zero-order chi connectivity index (χ0) is 18.0. The van der Waals surface area contributed by atoms with Crippen LogP contribution < -0.4 is 0 Å². The maximum Gasteiger partial charge on any atom is 0.320 e. The van der Waals surface area contributed by atoms with Crippen molar-refractivity contribution in [2.24, 2.45) is 10.9 Å². The number of ketones is 1. The number of carbonyl (C=O) groups excluding carboxylic acids is 1. The van der Waals surface area contributed by atoms with Gasteiger partial charge in [-0.25, -0.2) is 4.39 Å². The van der Waals surface area contributed by atoms with Gasteiger partial charge in [-0.15, -0.1) is 0 Å². The average molecular weight is 357 g/mol. The Morgan fingerprint density at radius 2 is 2.12 bits per heavy atom. The Kier molecular flexibility index (Phi) is 5.28. The number of rotatable bonds is 7. The number of nitro groups is 1. The Morgan fingerprint density at radius 3 is 2.58 bits per heavy atom. The van der Waals surface area contributed by atoms with Gasteiger partial charge in [0, 0.05) is 11.8 Å². The van der Waals surface area contributed by atoms with Crippen molar-refractivity contribution in [3.8, 4) is 0 Å². The molecule has 128 valence electrons. The van der Waals surface area contributed by atoms with E-state index < -0.39 is 44.7 Å². The number of nitrogens with zero attached hydrogens (tertiary/aromatic N) is 2. The highest BCUT2D eigenvalue weighted by Gasteiger charge is 2.37. The summed E-state index contributed by atoms with van der Waals surface area (Å²) in [5, 5.41) is 20.0. The summed E-state index contributed by atoms with van der Waals surface area (Å²) in [7, 11) is 0. The fourth-order valence-electron chi connectivity index (χ4n) is 2.25. The highest BCUT2D eigenvalue weighted by molar-refractivity contribution is 6.31. The van der Waals surface area contributed by atoms with Crippen LogP contribution in [0, 0.1) is 21.8 Å². The van der Waals surface area contributed by atoms with Crippen LogP contribution in [-0.4, -0.2) is 33.5 Å². The zero-order valence-electron chi connectivity index (χ0n) is 12.7. The van der Waals surface area contributed by atoms with Crippen LogP contribution in [0.15, 0.2) is 17.1 Å². The average Bonchev–Trinajstić information content (AvgIpc) is 3.32. The summed E-state index contributed by atoms with van der Waals surface area (Å²) in [6.07, 6.45) is 1.81. The van der Waals surface area contributed by atoms with Crippen molar-refractivity contribution in [1.82, 2.24) is 0 Å². The lowest BCUT2D eigenvalue weighted by Gasteiger charge is -2.14. The van der Waals surface area contributed by atoms with E-state index in [2.05, 4.69) is 4.99 Å². The predicted molar refractivity (Wildman–Crippen MR) is 84.3 cm³/mol. The largest absolute Gasteiger partial charge is 0.480 e. The van der Waals surface area contributed by atoms with Gasteiger partial charge in [-0.1, -0.05) is 18.5 Å². The van der Waals surface area contributed by atoms with Crippen molar-refractivity contribution in [1.29, 1.82) is 0 Å². The summed E-state index contributed by atoms with van der Waals surface area (Å²) in [5.74, 6) is -5.28. The zero-order valence-corrected chi connectivity index (χ0v) is 13.4. The molecular formula is C15H14ClFN2O5. The minimum atomic E-state index is -1.69. The molecule has 1 aromatic carbocycles. The number of aliphatic carboxylic acids is 1. The Hall–Kier alpha value is -2.35. The Morgan fingerprint density at radius 1 is 1.50 bits per heavy atom. The molecule has 1 unspecified atom stereocenters. The van der Waals surface area contributed by atoms with Crippen LogP contribution >= 0.6 is 11.6 Å². The third-order valence-corrected chi connectivity index (χ3v) is 3.89. The van der Waals surface area contributed by atoms with Gasteiger partial charge >= 0.3 is 5.97 Å². The first-order valence-electron chi connectivity index (χ1n) is 7.23. The molecule has 1 atom stereocenters. The molecule has 0 heterocycles. The van der Waals surface area contributed by atoms with E-state index in [9.17, 15) is 29.2 Å². The van der Waals surface area contributed by atoms with E-state index in [-0.39, 0.29) is 18.2 Å². The Bertz CT molecular complexity index is 746. The van der Waals surface area contributed by atoms with E-state index in [1.54, 1.807) is 6.92 Å². The lowest BCUT2D eigenvalue weighted by molar-refractivity contribution is -0.385. The summed E-state index contributed by atoms with van der Waals surface area (Å²) in [6, 6.07) is 1.28. The summed E-state index contributed by atoms with van der Waals surface area (Å²) < 4.78 is 13.7. The van der Waals surface area contributed by atoms with Crippen molar-refractivity contribution < 1.29 is 24.0 Å². The number of benzene rings is 1. The molecule has 0 aromatic heterocycles. The SMILES string of the molecule is CCC(=NC1CC1)C(C(=O)O)C(=O)c1cc(F)c(Cl)cc1[N+](=O)[O-]. The van der Waals surface area contributed by atoms with Crippen molar-refractivity contribution in [3.05, 3.63) is 38.7 Å². The van der Waals surface area contributed by atoms with Gasteiger partial charge in [-0.3, -0.25) is 24.7 Å². The normalized spacial score (nSPS) is 15.9. The second kappa shape index (κ2) is 7.04. The summed E-state index contributed by atoms with van der Waals surface area (Å²) >= 11 is 5.51. The highest BCUT2D eigenvalue weighted by atomic mass is 35.5. The molecule has 1 aliphatic carbocycles. The smallest absolute Gasteiger partial charge is 0.320 e. The van der Waals surface area contributed by atoms with Gasteiger partial charge in [0.2, 0.25) is 0 Å². The van der Waals surface area contributed by atoms with E-state index in [1.807, 2.05) is 0 Å². The quantitative estimate of drug-likeness (QED) is 0.265. The number of Topliss-reactive ketones (excluding diaryl/α,β-unsaturated/α-hetero) is 1. The van der Waals surface area contributed by atoms with Crippen LogP contribution in [0.5, 0.6) is 0 Å². The lowest BCUT2D eigenvalue weighted by Crippen LogP contribution is -2.32. The molecule has 1 aromatic rings. The van der Waals surface area contributed by atoms with Crippen LogP contribution in [0.3, 0.4) is 0 Å². The van der Waals surface area contributed by atoms with Crippen LogP contribution in [0.1, 0.15) is 36.5 Å². The molecule has 2 rings (SSSR count). The Labute approximate surface area is 141 Å². The minimum absolute atomic E-state index is 0.0217. The van der Waals surface area contributed by atoms with Gasteiger partial charge in [0.1, 0.15) is 5.82 Å².